The first-order valence-corrected chi connectivity index (χ1v) is 8.34. The van der Waals surface area contributed by atoms with E-state index in [2.05, 4.69) is 35.8 Å². The van der Waals surface area contributed by atoms with Crippen molar-refractivity contribution >= 4 is 11.8 Å². The summed E-state index contributed by atoms with van der Waals surface area (Å²) in [7, 11) is 0. The molecule has 4 rings (SSSR count). The molecule has 4 aliphatic rings. The predicted molar refractivity (Wildman–Crippen MR) is 75.6 cm³/mol. The average molecular weight is 254 g/mol. The predicted octanol–water partition coefficient (Wildman–Crippen LogP) is 2.20. The van der Waals surface area contributed by atoms with E-state index in [1.807, 2.05) is 0 Å². The lowest BCUT2D eigenvalue weighted by atomic mass is 9.82. The summed E-state index contributed by atoms with van der Waals surface area (Å²) in [5.74, 6) is 3.63. The first-order chi connectivity index (χ1) is 8.12. The topological polar surface area (TPSA) is 15.3 Å². The van der Waals surface area contributed by atoms with Gasteiger partial charge in [0.1, 0.15) is 0 Å². The fraction of sp³-hybridized carbons (Fsp3) is 1.00. The van der Waals surface area contributed by atoms with Crippen molar-refractivity contribution in [3.05, 3.63) is 0 Å². The van der Waals surface area contributed by atoms with Crippen LogP contribution in [0.4, 0.5) is 0 Å². The van der Waals surface area contributed by atoms with E-state index in [0.717, 1.165) is 18.0 Å². The molecule has 17 heavy (non-hydrogen) atoms. The standard InChI is InChI=1S/C14H26N2S/c1-14(2)7-12(9-17-10-14)15-13-8-16-5-3-11(13)4-6-16/h11-13,15H,3-10H2,1-2H3. The second-order valence-electron chi connectivity index (χ2n) is 6.99. The Labute approximate surface area is 110 Å². The van der Waals surface area contributed by atoms with Gasteiger partial charge < -0.3 is 10.2 Å². The van der Waals surface area contributed by atoms with E-state index in [1.165, 1.54) is 50.4 Å². The van der Waals surface area contributed by atoms with Crippen LogP contribution in [-0.2, 0) is 0 Å². The molecule has 0 spiro atoms. The summed E-state index contributed by atoms with van der Waals surface area (Å²) >= 11 is 2.14. The Hall–Kier alpha value is 0.270. The third kappa shape index (κ3) is 2.82. The molecule has 0 aromatic rings. The molecule has 0 amide bonds. The van der Waals surface area contributed by atoms with Gasteiger partial charge in [-0.15, -0.1) is 0 Å². The van der Waals surface area contributed by atoms with Crippen LogP contribution in [0.5, 0.6) is 0 Å². The Bertz CT molecular complexity index is 271. The van der Waals surface area contributed by atoms with Crippen molar-refractivity contribution in [2.45, 2.75) is 45.2 Å². The zero-order valence-electron chi connectivity index (χ0n) is 11.2. The summed E-state index contributed by atoms with van der Waals surface area (Å²) in [6.45, 7) is 8.86. The maximum atomic E-state index is 3.98. The number of rotatable bonds is 2. The molecule has 4 heterocycles. The molecule has 4 fully saturated rings. The van der Waals surface area contributed by atoms with Crippen LogP contribution in [0.25, 0.3) is 0 Å². The molecular formula is C14H26N2S. The smallest absolute Gasteiger partial charge is 0.0227 e. The van der Waals surface area contributed by atoms with E-state index < -0.39 is 0 Å². The minimum Gasteiger partial charge on any atom is -0.309 e. The quantitative estimate of drug-likeness (QED) is 0.813. The van der Waals surface area contributed by atoms with E-state index in [0.29, 0.717) is 5.41 Å². The molecule has 2 nitrogen and oxygen atoms in total. The minimum absolute atomic E-state index is 0.536. The second-order valence-corrected chi connectivity index (χ2v) is 8.02. The van der Waals surface area contributed by atoms with Crippen LogP contribution in [0.15, 0.2) is 0 Å². The fourth-order valence-corrected chi connectivity index (χ4v) is 5.11. The summed E-state index contributed by atoms with van der Waals surface area (Å²) in [4.78, 5) is 2.65. The fourth-order valence-electron chi connectivity index (χ4n) is 3.83. The Morgan fingerprint density at radius 2 is 2.00 bits per heavy atom. The van der Waals surface area contributed by atoms with Gasteiger partial charge in [0, 0.05) is 24.4 Å². The highest BCUT2D eigenvalue weighted by Crippen LogP contribution is 2.35. The molecule has 0 aromatic carbocycles. The Morgan fingerprint density at radius 1 is 1.24 bits per heavy atom. The highest BCUT2D eigenvalue weighted by Gasteiger charge is 2.36. The van der Waals surface area contributed by atoms with Gasteiger partial charge in [0.25, 0.3) is 0 Å². The highest BCUT2D eigenvalue weighted by atomic mass is 32.2. The number of nitrogens with zero attached hydrogens (tertiary/aromatic N) is 1. The molecule has 0 aromatic heterocycles. The minimum atomic E-state index is 0.536. The van der Waals surface area contributed by atoms with Crippen LogP contribution in [0.1, 0.15) is 33.1 Å². The molecule has 2 unspecified atom stereocenters. The number of fused-ring (bicyclic) bond motifs is 3. The van der Waals surface area contributed by atoms with E-state index in [4.69, 9.17) is 0 Å². The molecule has 4 aliphatic heterocycles. The average Bonchev–Trinajstić information content (AvgIpc) is 2.29. The van der Waals surface area contributed by atoms with E-state index in [9.17, 15) is 0 Å². The first-order valence-electron chi connectivity index (χ1n) is 7.19. The van der Waals surface area contributed by atoms with Crippen LogP contribution in [-0.4, -0.2) is 48.1 Å². The zero-order valence-corrected chi connectivity index (χ0v) is 12.1. The molecule has 3 heteroatoms. The van der Waals surface area contributed by atoms with Gasteiger partial charge in [0.2, 0.25) is 0 Å². The molecule has 98 valence electrons. The molecular weight excluding hydrogens is 228 g/mol. The summed E-state index contributed by atoms with van der Waals surface area (Å²) in [5.41, 5.74) is 0.536. The maximum absolute atomic E-state index is 3.98. The van der Waals surface area contributed by atoms with Crippen LogP contribution >= 0.6 is 11.8 Å². The zero-order chi connectivity index (χ0) is 11.9. The van der Waals surface area contributed by atoms with Crippen molar-refractivity contribution in [1.82, 2.24) is 10.2 Å². The van der Waals surface area contributed by atoms with Gasteiger partial charge >= 0.3 is 0 Å². The maximum Gasteiger partial charge on any atom is 0.0227 e. The number of hydrogen-bond donors (Lipinski definition) is 1. The van der Waals surface area contributed by atoms with Crippen LogP contribution in [0, 0.1) is 11.3 Å². The molecule has 0 aliphatic carbocycles. The van der Waals surface area contributed by atoms with Crippen molar-refractivity contribution in [3.8, 4) is 0 Å². The lowest BCUT2D eigenvalue weighted by Crippen LogP contribution is -2.59. The monoisotopic (exact) mass is 254 g/mol. The van der Waals surface area contributed by atoms with Crippen molar-refractivity contribution < 1.29 is 0 Å². The number of hydrogen-bond acceptors (Lipinski definition) is 3. The van der Waals surface area contributed by atoms with Gasteiger partial charge in [0.05, 0.1) is 0 Å². The van der Waals surface area contributed by atoms with Crippen molar-refractivity contribution in [1.29, 1.82) is 0 Å². The van der Waals surface area contributed by atoms with Crippen molar-refractivity contribution in [2.75, 3.05) is 31.1 Å². The van der Waals surface area contributed by atoms with E-state index in [-0.39, 0.29) is 0 Å². The largest absolute Gasteiger partial charge is 0.309 e. The van der Waals surface area contributed by atoms with Crippen LogP contribution in [0.3, 0.4) is 0 Å². The molecule has 4 saturated heterocycles. The normalized spacial score (nSPS) is 44.8. The van der Waals surface area contributed by atoms with Gasteiger partial charge in [-0.1, -0.05) is 13.8 Å². The molecule has 0 radical (unpaired) electrons. The molecule has 2 bridgehead atoms. The third-order valence-electron chi connectivity index (χ3n) is 4.72. The van der Waals surface area contributed by atoms with Crippen molar-refractivity contribution in [2.24, 2.45) is 11.3 Å². The van der Waals surface area contributed by atoms with Crippen LogP contribution < -0.4 is 5.32 Å². The SMILES string of the molecule is CC1(C)CSCC(NC2CN3CCC2CC3)C1. The second kappa shape index (κ2) is 4.75. The first kappa shape index (κ1) is 12.3. The summed E-state index contributed by atoms with van der Waals surface area (Å²) < 4.78 is 0. The van der Waals surface area contributed by atoms with E-state index in [1.54, 1.807) is 0 Å². The Morgan fingerprint density at radius 3 is 2.59 bits per heavy atom. The van der Waals surface area contributed by atoms with Crippen LogP contribution in [0.2, 0.25) is 0 Å². The lowest BCUT2D eigenvalue weighted by molar-refractivity contribution is 0.0652. The van der Waals surface area contributed by atoms with Gasteiger partial charge in [0.15, 0.2) is 0 Å². The van der Waals surface area contributed by atoms with Gasteiger partial charge in [-0.2, -0.15) is 11.8 Å². The summed E-state index contributed by atoms with van der Waals surface area (Å²) in [5, 5.41) is 3.98. The lowest BCUT2D eigenvalue weighted by Gasteiger charge is -2.47. The molecule has 0 saturated carbocycles. The van der Waals surface area contributed by atoms with E-state index >= 15 is 0 Å². The highest BCUT2D eigenvalue weighted by molar-refractivity contribution is 7.99. The van der Waals surface area contributed by atoms with Crippen molar-refractivity contribution in [3.63, 3.8) is 0 Å². The number of piperidine rings is 3. The number of thioether (sulfide) groups is 1. The van der Waals surface area contributed by atoms with Gasteiger partial charge in [-0.25, -0.2) is 0 Å². The Kier molecular flexibility index (Phi) is 3.44. The Balaban J connectivity index is 1.56. The number of nitrogens with one attached hydrogen (secondary N) is 1. The summed E-state index contributed by atoms with van der Waals surface area (Å²) in [6, 6.07) is 1.55. The third-order valence-corrected chi connectivity index (χ3v) is 6.34. The molecule has 2 atom stereocenters. The van der Waals surface area contributed by atoms with Gasteiger partial charge in [-0.3, -0.25) is 0 Å². The van der Waals surface area contributed by atoms with Gasteiger partial charge in [-0.05, 0) is 49.4 Å². The molecule has 1 N–H and O–H groups in total. The summed E-state index contributed by atoms with van der Waals surface area (Å²) in [6.07, 6.45) is 4.23.